The average molecular weight is 303 g/mol. The molecule has 2 N–H and O–H groups in total. The minimum Gasteiger partial charge on any atom is -0.383 e. The molecule has 0 spiro atoms. The second-order valence-electron chi connectivity index (χ2n) is 4.20. The van der Waals surface area contributed by atoms with Gasteiger partial charge in [-0.25, -0.2) is 4.98 Å². The molecule has 0 bridgehead atoms. The number of nitriles is 1. The summed E-state index contributed by atoms with van der Waals surface area (Å²) < 4.78 is 1.62. The summed E-state index contributed by atoms with van der Waals surface area (Å²) in [4.78, 5) is 4.43. The maximum absolute atomic E-state index is 9.17. The van der Waals surface area contributed by atoms with Crippen LogP contribution in [-0.4, -0.2) is 9.38 Å². The van der Waals surface area contributed by atoms with Gasteiger partial charge in [0.05, 0.1) is 21.7 Å². The zero-order valence-electron chi connectivity index (χ0n) is 10.1. The molecule has 1 aromatic carbocycles. The molecule has 4 nitrogen and oxygen atoms in total. The van der Waals surface area contributed by atoms with E-state index in [2.05, 4.69) is 11.1 Å². The van der Waals surface area contributed by atoms with Crippen LogP contribution in [0, 0.1) is 11.3 Å². The summed E-state index contributed by atoms with van der Waals surface area (Å²) in [6, 6.07) is 10.9. The second-order valence-corrected chi connectivity index (χ2v) is 5.05. The van der Waals surface area contributed by atoms with Crippen molar-refractivity contribution in [2.24, 2.45) is 0 Å². The first-order chi connectivity index (χ1) is 9.61. The summed E-state index contributed by atoms with van der Waals surface area (Å²) in [7, 11) is 0. The minimum absolute atomic E-state index is 0.395. The number of nitrogens with zero attached hydrogens (tertiary/aromatic N) is 3. The molecule has 2 heterocycles. The van der Waals surface area contributed by atoms with Crippen molar-refractivity contribution in [2.75, 3.05) is 5.73 Å². The highest BCUT2D eigenvalue weighted by atomic mass is 35.5. The lowest BCUT2D eigenvalue weighted by Crippen LogP contribution is -1.95. The van der Waals surface area contributed by atoms with Crippen molar-refractivity contribution < 1.29 is 0 Å². The molecule has 6 heteroatoms. The van der Waals surface area contributed by atoms with E-state index in [1.807, 2.05) is 6.07 Å². The lowest BCUT2D eigenvalue weighted by atomic mass is 10.1. The molecule has 3 rings (SSSR count). The van der Waals surface area contributed by atoms with Gasteiger partial charge in [0.1, 0.15) is 11.5 Å². The standard InChI is InChI=1S/C14H8Cl2N4/c15-9-5-11(16)14-19-12(13(18)20(14)7-9)10-4-2-1-3-8(10)6-17/h1-5,7H,18H2. The molecule has 0 fully saturated rings. The van der Waals surface area contributed by atoms with Gasteiger partial charge >= 0.3 is 0 Å². The molecule has 20 heavy (non-hydrogen) atoms. The van der Waals surface area contributed by atoms with Gasteiger partial charge in [0, 0.05) is 11.8 Å². The highest BCUT2D eigenvalue weighted by Crippen LogP contribution is 2.32. The number of halogens is 2. The fraction of sp³-hybridized carbons (Fsp3) is 0. The van der Waals surface area contributed by atoms with E-state index in [1.165, 1.54) is 0 Å². The fourth-order valence-electron chi connectivity index (χ4n) is 2.08. The fourth-order valence-corrected chi connectivity index (χ4v) is 2.59. The van der Waals surface area contributed by atoms with Crippen molar-refractivity contribution in [1.29, 1.82) is 5.26 Å². The van der Waals surface area contributed by atoms with E-state index in [0.29, 0.717) is 38.3 Å². The van der Waals surface area contributed by atoms with E-state index >= 15 is 0 Å². The number of anilines is 1. The third-order valence-corrected chi connectivity index (χ3v) is 3.47. The van der Waals surface area contributed by atoms with Crippen LogP contribution < -0.4 is 5.73 Å². The summed E-state index contributed by atoms with van der Waals surface area (Å²) in [5, 5.41) is 10.0. The van der Waals surface area contributed by atoms with E-state index in [9.17, 15) is 5.26 Å². The van der Waals surface area contributed by atoms with E-state index in [0.717, 1.165) is 0 Å². The van der Waals surface area contributed by atoms with E-state index < -0.39 is 0 Å². The summed E-state index contributed by atoms with van der Waals surface area (Å²) in [6.45, 7) is 0. The highest BCUT2D eigenvalue weighted by molar-refractivity contribution is 6.36. The van der Waals surface area contributed by atoms with Crippen LogP contribution in [0.15, 0.2) is 36.5 Å². The Bertz CT molecular complexity index is 861. The van der Waals surface area contributed by atoms with Crippen LogP contribution in [0.1, 0.15) is 5.56 Å². The van der Waals surface area contributed by atoms with Crippen LogP contribution in [-0.2, 0) is 0 Å². The smallest absolute Gasteiger partial charge is 0.158 e. The van der Waals surface area contributed by atoms with Crippen LogP contribution in [0.3, 0.4) is 0 Å². The third kappa shape index (κ3) is 1.88. The molecular formula is C14H8Cl2N4. The van der Waals surface area contributed by atoms with Gasteiger partial charge < -0.3 is 5.73 Å². The van der Waals surface area contributed by atoms with Crippen molar-refractivity contribution in [3.05, 3.63) is 52.1 Å². The van der Waals surface area contributed by atoms with Crippen molar-refractivity contribution in [3.63, 3.8) is 0 Å². The Morgan fingerprint density at radius 3 is 2.75 bits per heavy atom. The summed E-state index contributed by atoms with van der Waals surface area (Å²) in [6.07, 6.45) is 1.64. The number of hydrogen-bond donors (Lipinski definition) is 1. The van der Waals surface area contributed by atoms with Gasteiger partial charge in [-0.2, -0.15) is 5.26 Å². The molecular weight excluding hydrogens is 295 g/mol. The Labute approximate surface area is 125 Å². The lowest BCUT2D eigenvalue weighted by molar-refractivity contribution is 1.20. The maximum Gasteiger partial charge on any atom is 0.158 e. The van der Waals surface area contributed by atoms with Gasteiger partial charge in [0.15, 0.2) is 5.65 Å². The topological polar surface area (TPSA) is 67.1 Å². The molecule has 0 aliphatic carbocycles. The monoisotopic (exact) mass is 302 g/mol. The predicted molar refractivity (Wildman–Crippen MR) is 79.8 cm³/mol. The Morgan fingerprint density at radius 2 is 2.00 bits per heavy atom. The zero-order chi connectivity index (χ0) is 14.3. The number of hydrogen-bond acceptors (Lipinski definition) is 3. The summed E-state index contributed by atoms with van der Waals surface area (Å²) in [5.74, 6) is 0.395. The van der Waals surface area contributed by atoms with Crippen LogP contribution >= 0.6 is 23.2 Å². The SMILES string of the molecule is N#Cc1ccccc1-c1nc2c(Cl)cc(Cl)cn2c1N. The molecule has 0 unspecified atom stereocenters. The summed E-state index contributed by atoms with van der Waals surface area (Å²) in [5.41, 5.74) is 8.31. The first-order valence-electron chi connectivity index (χ1n) is 5.74. The number of nitrogens with two attached hydrogens (primary N) is 1. The number of aromatic nitrogens is 2. The molecule has 0 saturated heterocycles. The molecule has 98 valence electrons. The normalized spacial score (nSPS) is 10.7. The van der Waals surface area contributed by atoms with Crippen molar-refractivity contribution >= 4 is 34.7 Å². The zero-order valence-corrected chi connectivity index (χ0v) is 11.7. The first-order valence-corrected chi connectivity index (χ1v) is 6.49. The summed E-state index contributed by atoms with van der Waals surface area (Å²) >= 11 is 12.1. The Morgan fingerprint density at radius 1 is 1.25 bits per heavy atom. The maximum atomic E-state index is 9.17. The van der Waals surface area contributed by atoms with Gasteiger partial charge in [-0.3, -0.25) is 4.40 Å². The Kier molecular flexibility index (Phi) is 3.01. The molecule has 3 aromatic rings. The van der Waals surface area contributed by atoms with Crippen LogP contribution in [0.4, 0.5) is 5.82 Å². The highest BCUT2D eigenvalue weighted by Gasteiger charge is 2.16. The number of benzene rings is 1. The first kappa shape index (κ1) is 12.8. The molecule has 0 atom stereocenters. The largest absolute Gasteiger partial charge is 0.383 e. The van der Waals surface area contributed by atoms with Crippen LogP contribution in [0.2, 0.25) is 10.0 Å². The molecule has 0 radical (unpaired) electrons. The predicted octanol–water partition coefficient (Wildman–Crippen LogP) is 3.76. The van der Waals surface area contributed by atoms with Crippen molar-refractivity contribution in [1.82, 2.24) is 9.38 Å². The molecule has 0 aliphatic rings. The Hall–Kier alpha value is -2.22. The van der Waals surface area contributed by atoms with Gasteiger partial charge in [0.2, 0.25) is 0 Å². The number of imidazole rings is 1. The second kappa shape index (κ2) is 4.71. The molecule has 0 saturated carbocycles. The lowest BCUT2D eigenvalue weighted by Gasteiger charge is -2.01. The molecule has 0 amide bonds. The van der Waals surface area contributed by atoms with E-state index in [-0.39, 0.29) is 0 Å². The van der Waals surface area contributed by atoms with Crippen molar-refractivity contribution in [3.8, 4) is 17.3 Å². The van der Waals surface area contributed by atoms with Crippen molar-refractivity contribution in [2.45, 2.75) is 0 Å². The number of fused-ring (bicyclic) bond motifs is 1. The van der Waals surface area contributed by atoms with Gasteiger partial charge in [0.25, 0.3) is 0 Å². The number of nitrogen functional groups attached to an aromatic ring is 1. The third-order valence-electron chi connectivity index (χ3n) is 2.98. The molecule has 0 aliphatic heterocycles. The van der Waals surface area contributed by atoms with E-state index in [1.54, 1.807) is 34.9 Å². The average Bonchev–Trinajstić information content (AvgIpc) is 2.77. The number of rotatable bonds is 1. The quantitative estimate of drug-likeness (QED) is 0.744. The van der Waals surface area contributed by atoms with E-state index in [4.69, 9.17) is 28.9 Å². The number of pyridine rings is 1. The minimum atomic E-state index is 0.395. The molecule has 2 aromatic heterocycles. The van der Waals surface area contributed by atoms with Crippen LogP contribution in [0.5, 0.6) is 0 Å². The van der Waals surface area contributed by atoms with Gasteiger partial charge in [-0.1, -0.05) is 41.4 Å². The van der Waals surface area contributed by atoms with Crippen LogP contribution in [0.25, 0.3) is 16.9 Å². The Balaban J connectivity index is 2.36. The van der Waals surface area contributed by atoms with Gasteiger partial charge in [-0.05, 0) is 12.1 Å². The van der Waals surface area contributed by atoms with Gasteiger partial charge in [-0.15, -0.1) is 0 Å².